The van der Waals surface area contributed by atoms with Gasteiger partial charge in [-0.2, -0.15) is 0 Å². The first-order valence-electron chi connectivity index (χ1n) is 7.78. The summed E-state index contributed by atoms with van der Waals surface area (Å²) >= 11 is 0. The molecule has 1 aromatic carbocycles. The van der Waals surface area contributed by atoms with Crippen LogP contribution in [-0.4, -0.2) is 24.5 Å². The average Bonchev–Trinajstić information content (AvgIpc) is 2.60. The van der Waals surface area contributed by atoms with Gasteiger partial charge in [-0.15, -0.1) is 0 Å². The first-order chi connectivity index (χ1) is 11.1. The van der Waals surface area contributed by atoms with Crippen molar-refractivity contribution >= 4 is 11.7 Å². The molecule has 5 heteroatoms. The molecule has 1 heterocycles. The highest BCUT2D eigenvalue weighted by molar-refractivity contribution is 5.78. The number of nitrogens with one attached hydrogen (secondary N) is 1. The van der Waals surface area contributed by atoms with E-state index in [0.29, 0.717) is 13.1 Å². The molecular weight excluding hydrogens is 288 g/mol. The Morgan fingerprint density at radius 1 is 1.26 bits per heavy atom. The summed E-state index contributed by atoms with van der Waals surface area (Å²) in [6.45, 7) is 3.38. The van der Waals surface area contributed by atoms with E-state index in [0.717, 1.165) is 17.9 Å². The van der Waals surface area contributed by atoms with Crippen molar-refractivity contribution in [2.75, 3.05) is 18.5 Å². The van der Waals surface area contributed by atoms with Crippen LogP contribution < -0.4 is 16.0 Å². The highest BCUT2D eigenvalue weighted by Gasteiger charge is 2.13. The Hall–Kier alpha value is -2.40. The molecule has 5 nitrogen and oxygen atoms in total. The SMILES string of the molecule is CC(CN)C(=O)NCc1cccnc1N(C)Cc1ccccc1. The Morgan fingerprint density at radius 3 is 2.70 bits per heavy atom. The molecule has 0 fully saturated rings. The van der Waals surface area contributed by atoms with Crippen LogP contribution in [0.15, 0.2) is 48.7 Å². The van der Waals surface area contributed by atoms with E-state index in [9.17, 15) is 4.79 Å². The minimum atomic E-state index is -0.183. The van der Waals surface area contributed by atoms with Gasteiger partial charge in [0, 0.05) is 44.4 Å². The highest BCUT2D eigenvalue weighted by Crippen LogP contribution is 2.18. The monoisotopic (exact) mass is 312 g/mol. The molecule has 0 aliphatic carbocycles. The van der Waals surface area contributed by atoms with E-state index < -0.39 is 0 Å². The smallest absolute Gasteiger partial charge is 0.224 e. The number of rotatable bonds is 7. The van der Waals surface area contributed by atoms with Gasteiger partial charge in [0.25, 0.3) is 0 Å². The summed E-state index contributed by atoms with van der Waals surface area (Å²) in [7, 11) is 2.00. The zero-order valence-electron chi connectivity index (χ0n) is 13.7. The Labute approximate surface area is 137 Å². The molecule has 1 amide bonds. The molecular formula is C18H24N4O. The number of benzene rings is 1. The summed E-state index contributed by atoms with van der Waals surface area (Å²) in [5.41, 5.74) is 7.73. The van der Waals surface area contributed by atoms with E-state index in [-0.39, 0.29) is 11.8 Å². The van der Waals surface area contributed by atoms with Crippen LogP contribution in [0.3, 0.4) is 0 Å². The van der Waals surface area contributed by atoms with Crippen molar-refractivity contribution in [1.82, 2.24) is 10.3 Å². The van der Waals surface area contributed by atoms with Crippen molar-refractivity contribution in [1.29, 1.82) is 0 Å². The van der Waals surface area contributed by atoms with Crippen LogP contribution in [0.1, 0.15) is 18.1 Å². The Kier molecular flexibility index (Phi) is 6.11. The minimum absolute atomic E-state index is 0.0342. The highest BCUT2D eigenvalue weighted by atomic mass is 16.1. The standard InChI is InChI=1S/C18H24N4O/c1-14(11-19)18(23)21-12-16-9-6-10-20-17(16)22(2)13-15-7-4-3-5-8-15/h3-10,14H,11-13,19H2,1-2H3,(H,21,23). The molecule has 0 saturated heterocycles. The van der Waals surface area contributed by atoms with Gasteiger partial charge in [-0.3, -0.25) is 4.79 Å². The van der Waals surface area contributed by atoms with E-state index >= 15 is 0 Å². The summed E-state index contributed by atoms with van der Waals surface area (Å²) in [5.74, 6) is 0.655. The van der Waals surface area contributed by atoms with Crippen LogP contribution >= 0.6 is 0 Å². The number of nitrogens with zero attached hydrogens (tertiary/aromatic N) is 2. The molecule has 0 aliphatic rings. The number of carbonyl (C=O) groups is 1. The molecule has 3 N–H and O–H groups in total. The maximum atomic E-state index is 11.9. The van der Waals surface area contributed by atoms with Crippen LogP contribution in [0.5, 0.6) is 0 Å². The normalized spacial score (nSPS) is 11.8. The zero-order chi connectivity index (χ0) is 16.7. The molecule has 1 unspecified atom stereocenters. The minimum Gasteiger partial charge on any atom is -0.355 e. The summed E-state index contributed by atoms with van der Waals surface area (Å²) < 4.78 is 0. The van der Waals surface area contributed by atoms with Crippen molar-refractivity contribution in [3.63, 3.8) is 0 Å². The third-order valence-corrected chi connectivity index (χ3v) is 3.75. The number of hydrogen-bond donors (Lipinski definition) is 2. The van der Waals surface area contributed by atoms with Crippen molar-refractivity contribution in [2.45, 2.75) is 20.0 Å². The summed E-state index contributed by atoms with van der Waals surface area (Å²) in [5, 5.41) is 2.92. The maximum Gasteiger partial charge on any atom is 0.224 e. The second-order valence-electron chi connectivity index (χ2n) is 5.68. The third-order valence-electron chi connectivity index (χ3n) is 3.75. The third kappa shape index (κ3) is 4.79. The molecule has 122 valence electrons. The molecule has 0 saturated carbocycles. The lowest BCUT2D eigenvalue weighted by Crippen LogP contribution is -2.33. The molecule has 0 aliphatic heterocycles. The van der Waals surface area contributed by atoms with Gasteiger partial charge in [-0.25, -0.2) is 4.98 Å². The fourth-order valence-electron chi connectivity index (χ4n) is 2.31. The van der Waals surface area contributed by atoms with Crippen molar-refractivity contribution < 1.29 is 4.79 Å². The van der Waals surface area contributed by atoms with Gasteiger partial charge >= 0.3 is 0 Å². The Balaban J connectivity index is 2.06. The number of aromatic nitrogens is 1. The van der Waals surface area contributed by atoms with Gasteiger partial charge in [0.1, 0.15) is 5.82 Å². The van der Waals surface area contributed by atoms with Crippen LogP contribution in [0.25, 0.3) is 0 Å². The topological polar surface area (TPSA) is 71.2 Å². The van der Waals surface area contributed by atoms with Gasteiger partial charge in [-0.05, 0) is 11.6 Å². The number of pyridine rings is 1. The van der Waals surface area contributed by atoms with Crippen LogP contribution in [0.4, 0.5) is 5.82 Å². The molecule has 2 aromatic rings. The second kappa shape index (κ2) is 8.29. The first-order valence-corrected chi connectivity index (χ1v) is 7.78. The van der Waals surface area contributed by atoms with E-state index in [1.165, 1.54) is 5.56 Å². The van der Waals surface area contributed by atoms with Crippen LogP contribution in [0, 0.1) is 5.92 Å². The van der Waals surface area contributed by atoms with E-state index in [4.69, 9.17) is 5.73 Å². The molecule has 0 radical (unpaired) electrons. The van der Waals surface area contributed by atoms with Gasteiger partial charge in [-0.1, -0.05) is 43.3 Å². The quantitative estimate of drug-likeness (QED) is 0.819. The largest absolute Gasteiger partial charge is 0.355 e. The van der Waals surface area contributed by atoms with Crippen LogP contribution in [0.2, 0.25) is 0 Å². The predicted octanol–water partition coefficient (Wildman–Crippen LogP) is 1.93. The zero-order valence-corrected chi connectivity index (χ0v) is 13.7. The number of nitrogens with two attached hydrogens (primary N) is 1. The first kappa shape index (κ1) is 17.0. The maximum absolute atomic E-state index is 11.9. The number of anilines is 1. The lowest BCUT2D eigenvalue weighted by Gasteiger charge is -2.21. The lowest BCUT2D eigenvalue weighted by molar-refractivity contribution is -0.124. The summed E-state index contributed by atoms with van der Waals surface area (Å²) in [6, 6.07) is 14.1. The molecule has 23 heavy (non-hydrogen) atoms. The van der Waals surface area contributed by atoms with Crippen molar-refractivity contribution in [2.24, 2.45) is 11.7 Å². The van der Waals surface area contributed by atoms with Gasteiger partial charge < -0.3 is 16.0 Å². The van der Waals surface area contributed by atoms with Gasteiger partial charge in [0.15, 0.2) is 0 Å². The number of carbonyl (C=O) groups excluding carboxylic acids is 1. The summed E-state index contributed by atoms with van der Waals surface area (Å²) in [4.78, 5) is 18.4. The Bertz CT molecular complexity index is 630. The molecule has 1 atom stereocenters. The van der Waals surface area contributed by atoms with Gasteiger partial charge in [0.05, 0.1) is 0 Å². The predicted molar refractivity (Wildman–Crippen MR) is 92.9 cm³/mol. The number of hydrogen-bond acceptors (Lipinski definition) is 4. The Morgan fingerprint density at radius 2 is 2.00 bits per heavy atom. The lowest BCUT2D eigenvalue weighted by atomic mass is 10.1. The van der Waals surface area contributed by atoms with Crippen molar-refractivity contribution in [3.8, 4) is 0 Å². The molecule has 0 bridgehead atoms. The van der Waals surface area contributed by atoms with E-state index in [1.807, 2.05) is 44.3 Å². The average molecular weight is 312 g/mol. The second-order valence-corrected chi connectivity index (χ2v) is 5.68. The molecule has 0 spiro atoms. The van der Waals surface area contributed by atoms with Crippen LogP contribution in [-0.2, 0) is 17.9 Å². The molecule has 1 aromatic heterocycles. The van der Waals surface area contributed by atoms with E-state index in [1.54, 1.807) is 6.20 Å². The van der Waals surface area contributed by atoms with Gasteiger partial charge in [0.2, 0.25) is 5.91 Å². The molecule has 2 rings (SSSR count). The fraction of sp³-hybridized carbons (Fsp3) is 0.333. The van der Waals surface area contributed by atoms with E-state index in [2.05, 4.69) is 27.3 Å². The summed E-state index contributed by atoms with van der Waals surface area (Å²) in [6.07, 6.45) is 1.77. The fourth-order valence-corrected chi connectivity index (χ4v) is 2.31. The number of amides is 1. The van der Waals surface area contributed by atoms with Crippen molar-refractivity contribution in [3.05, 3.63) is 59.8 Å².